The van der Waals surface area contributed by atoms with Crippen LogP contribution in [0.15, 0.2) is 24.3 Å². The van der Waals surface area contributed by atoms with E-state index in [1.54, 1.807) is 61.3 Å². The highest BCUT2D eigenvalue weighted by molar-refractivity contribution is 7.24. The van der Waals surface area contributed by atoms with Crippen LogP contribution in [0.25, 0.3) is 19.5 Å². The molecule has 0 fully saturated rings. The fraction of sp³-hybridized carbons (Fsp3) is 0.543. The zero-order chi connectivity index (χ0) is 27.6. The third kappa shape index (κ3) is 4.14. The summed E-state index contributed by atoms with van der Waals surface area (Å²) in [6.07, 6.45) is 7.61. The van der Waals surface area contributed by atoms with Crippen LogP contribution in [0.4, 0.5) is 0 Å². The van der Waals surface area contributed by atoms with Crippen LogP contribution in [0.3, 0.4) is 0 Å². The molecule has 0 N–H and O–H groups in total. The Labute approximate surface area is 252 Å². The van der Waals surface area contributed by atoms with Gasteiger partial charge in [-0.15, -0.1) is 45.3 Å². The van der Waals surface area contributed by atoms with Crippen molar-refractivity contribution in [3.63, 3.8) is 0 Å². The Bertz CT molecular complexity index is 1490. The summed E-state index contributed by atoms with van der Waals surface area (Å²) in [5, 5.41) is 0. The molecule has 39 heavy (non-hydrogen) atoms. The molecule has 2 aliphatic rings. The molecule has 0 aromatic carbocycles. The second-order valence-electron chi connectivity index (χ2n) is 12.5. The minimum atomic E-state index is -0.124. The van der Waals surface area contributed by atoms with E-state index in [0.29, 0.717) is 23.7 Å². The lowest BCUT2D eigenvalue weighted by molar-refractivity contribution is 0.631. The van der Waals surface area contributed by atoms with Gasteiger partial charge in [-0.25, -0.2) is 0 Å². The highest BCUT2D eigenvalue weighted by Crippen LogP contribution is 2.69. The summed E-state index contributed by atoms with van der Waals surface area (Å²) in [5.41, 5.74) is 6.26. The van der Waals surface area contributed by atoms with Crippen molar-refractivity contribution in [3.8, 4) is 19.5 Å². The second-order valence-corrected chi connectivity index (χ2v) is 16.8. The lowest BCUT2D eigenvalue weighted by Crippen LogP contribution is -2.24. The first-order valence-corrected chi connectivity index (χ1v) is 18.6. The van der Waals surface area contributed by atoms with E-state index in [9.17, 15) is 0 Å². The average molecular weight is 593 g/mol. The molecule has 4 heterocycles. The summed E-state index contributed by atoms with van der Waals surface area (Å²) in [5.74, 6) is 2.43. The lowest BCUT2D eigenvalue weighted by Gasteiger charge is -2.28. The van der Waals surface area contributed by atoms with Crippen LogP contribution in [-0.4, -0.2) is 0 Å². The molecule has 0 aliphatic heterocycles. The average Bonchev–Trinajstić information content (AvgIpc) is 3.72. The first-order valence-electron chi connectivity index (χ1n) is 15.3. The van der Waals surface area contributed by atoms with E-state index < -0.39 is 0 Å². The molecule has 2 aliphatic carbocycles. The molecule has 1 spiro atoms. The second kappa shape index (κ2) is 10.6. The molecular formula is C35H44S4. The summed E-state index contributed by atoms with van der Waals surface area (Å²) < 4.78 is 0. The maximum atomic E-state index is 2.66. The summed E-state index contributed by atoms with van der Waals surface area (Å²) in [7, 11) is 0. The van der Waals surface area contributed by atoms with Crippen molar-refractivity contribution in [2.45, 2.75) is 123 Å². The molecule has 0 nitrogen and oxygen atoms in total. The number of hydrogen-bond donors (Lipinski definition) is 0. The van der Waals surface area contributed by atoms with Crippen LogP contribution in [-0.2, 0) is 5.41 Å². The largest absolute Gasteiger partial charge is 0.139 e. The van der Waals surface area contributed by atoms with Gasteiger partial charge >= 0.3 is 0 Å². The summed E-state index contributed by atoms with van der Waals surface area (Å²) in [6.45, 7) is 19.1. The van der Waals surface area contributed by atoms with Crippen LogP contribution < -0.4 is 0 Å². The van der Waals surface area contributed by atoms with E-state index in [2.05, 4.69) is 125 Å². The third-order valence-corrected chi connectivity index (χ3v) is 15.2. The van der Waals surface area contributed by atoms with Crippen LogP contribution >= 0.6 is 45.3 Å². The van der Waals surface area contributed by atoms with E-state index in [1.165, 1.54) is 38.5 Å². The molecule has 0 saturated carbocycles. The van der Waals surface area contributed by atoms with E-state index in [1.807, 2.05) is 0 Å². The summed E-state index contributed by atoms with van der Waals surface area (Å²) in [4.78, 5) is 12.6. The molecule has 4 atom stereocenters. The Morgan fingerprint density at radius 2 is 0.949 bits per heavy atom. The van der Waals surface area contributed by atoms with E-state index in [0.717, 1.165) is 0 Å². The normalized spacial score (nSPS) is 19.4. The molecule has 4 aromatic heterocycles. The Kier molecular flexibility index (Phi) is 7.57. The van der Waals surface area contributed by atoms with Crippen LogP contribution in [0.1, 0.15) is 159 Å². The van der Waals surface area contributed by atoms with Crippen molar-refractivity contribution in [1.29, 1.82) is 0 Å². The van der Waals surface area contributed by atoms with Crippen molar-refractivity contribution in [2.75, 3.05) is 0 Å². The van der Waals surface area contributed by atoms with Gasteiger partial charge in [0.05, 0.1) is 5.41 Å². The van der Waals surface area contributed by atoms with Gasteiger partial charge in [0.15, 0.2) is 0 Å². The van der Waals surface area contributed by atoms with Gasteiger partial charge < -0.3 is 0 Å². The number of hydrogen-bond acceptors (Lipinski definition) is 4. The molecule has 4 heteroatoms. The monoisotopic (exact) mass is 592 g/mol. The van der Waals surface area contributed by atoms with Crippen LogP contribution in [0.2, 0.25) is 0 Å². The quantitative estimate of drug-likeness (QED) is 0.148. The topological polar surface area (TPSA) is 0 Å². The van der Waals surface area contributed by atoms with Crippen LogP contribution in [0.5, 0.6) is 0 Å². The molecule has 0 amide bonds. The van der Waals surface area contributed by atoms with Gasteiger partial charge in [-0.05, 0) is 89.5 Å². The van der Waals surface area contributed by atoms with E-state index >= 15 is 0 Å². The van der Waals surface area contributed by atoms with Gasteiger partial charge in [-0.3, -0.25) is 0 Å². The van der Waals surface area contributed by atoms with Gasteiger partial charge in [-0.1, -0.05) is 74.7 Å². The Hall–Kier alpha value is -1.20. The highest BCUT2D eigenvalue weighted by atomic mass is 32.1. The molecular weight excluding hydrogens is 549 g/mol. The minimum absolute atomic E-state index is 0.124. The molecule has 0 radical (unpaired) electrons. The third-order valence-electron chi connectivity index (χ3n) is 9.38. The first kappa shape index (κ1) is 27.9. The van der Waals surface area contributed by atoms with Crippen molar-refractivity contribution in [3.05, 3.63) is 66.0 Å². The Morgan fingerprint density at radius 1 is 0.538 bits per heavy atom. The lowest BCUT2D eigenvalue weighted by atomic mass is 9.71. The maximum absolute atomic E-state index is 2.66. The maximum Gasteiger partial charge on any atom is 0.0759 e. The van der Waals surface area contributed by atoms with Gasteiger partial charge in [-0.2, -0.15) is 0 Å². The zero-order valence-corrected chi connectivity index (χ0v) is 28.3. The number of rotatable bonds is 10. The van der Waals surface area contributed by atoms with Gasteiger partial charge in [0.2, 0.25) is 0 Å². The van der Waals surface area contributed by atoms with Crippen molar-refractivity contribution >= 4 is 45.3 Å². The number of fused-ring (bicyclic) bond motifs is 10. The molecule has 6 rings (SSSR count). The van der Waals surface area contributed by atoms with Gasteiger partial charge in [0.1, 0.15) is 0 Å². The number of unbranched alkanes of at least 4 members (excludes halogenated alkanes) is 1. The molecule has 0 saturated heterocycles. The summed E-state index contributed by atoms with van der Waals surface area (Å²) >= 11 is 8.41. The van der Waals surface area contributed by atoms with Gasteiger partial charge in [0.25, 0.3) is 0 Å². The van der Waals surface area contributed by atoms with Gasteiger partial charge in [0, 0.05) is 39.0 Å². The Morgan fingerprint density at radius 3 is 1.36 bits per heavy atom. The number of thiophene rings is 4. The molecule has 208 valence electrons. The minimum Gasteiger partial charge on any atom is -0.139 e. The van der Waals surface area contributed by atoms with Crippen LogP contribution in [0, 0.1) is 0 Å². The smallest absolute Gasteiger partial charge is 0.0759 e. The van der Waals surface area contributed by atoms with Crippen molar-refractivity contribution < 1.29 is 0 Å². The van der Waals surface area contributed by atoms with Crippen molar-refractivity contribution in [1.82, 2.24) is 0 Å². The fourth-order valence-electron chi connectivity index (χ4n) is 6.74. The predicted octanol–water partition coefficient (Wildman–Crippen LogP) is 13.1. The molecule has 4 unspecified atom stereocenters. The highest BCUT2D eigenvalue weighted by Gasteiger charge is 2.55. The molecule has 4 aromatic rings. The predicted molar refractivity (Wildman–Crippen MR) is 178 cm³/mol. The van der Waals surface area contributed by atoms with E-state index in [4.69, 9.17) is 0 Å². The molecule has 0 bridgehead atoms. The van der Waals surface area contributed by atoms with Crippen molar-refractivity contribution in [2.24, 2.45) is 0 Å². The Balaban J connectivity index is 1.64. The standard InChI is InChI=1S/C35H44S4/c1-9-12-14-22(8)30-18-26-32(39-30)31-23(15-27(36-31)19(4)5)35(26)24-16-28(20(6)11-3)37-33(24)34-25(35)17-29(38-34)21(7)13-10-2/h15-22H,9-14H2,1-8H3. The zero-order valence-electron chi connectivity index (χ0n) is 25.0. The SMILES string of the molecule is CCCCC(C)c1cc2c(s1)-c1sc(C(C)C)cc1C21c2cc(C(C)CC)sc2-c2sc(C(C)CCC)cc21. The first-order chi connectivity index (χ1) is 18.8. The van der Waals surface area contributed by atoms with E-state index in [-0.39, 0.29) is 5.41 Å². The fourth-order valence-corrected chi connectivity index (χ4v) is 12.2. The summed E-state index contributed by atoms with van der Waals surface area (Å²) in [6, 6.07) is 10.6.